The van der Waals surface area contributed by atoms with Crippen molar-refractivity contribution in [1.29, 1.82) is 0 Å². The molecular formula is C40H50ClF2N3O3S. The Morgan fingerprint density at radius 3 is 2.40 bits per heavy atom. The van der Waals surface area contributed by atoms with Gasteiger partial charge in [0.05, 0.1) is 13.2 Å². The number of rotatable bonds is 16. The number of carbonyl (C=O) groups is 1. The van der Waals surface area contributed by atoms with Crippen LogP contribution in [0.1, 0.15) is 46.1 Å². The van der Waals surface area contributed by atoms with Crippen LogP contribution in [-0.4, -0.2) is 69.5 Å². The summed E-state index contributed by atoms with van der Waals surface area (Å²) in [7, 11) is 1.88. The Bertz CT molecular complexity index is 1670. The molecule has 4 rings (SSSR count). The van der Waals surface area contributed by atoms with E-state index in [0.717, 1.165) is 40.4 Å². The number of thioether (sulfide) groups is 1. The monoisotopic (exact) mass is 725 g/mol. The first-order valence-electron chi connectivity index (χ1n) is 17.1. The van der Waals surface area contributed by atoms with Gasteiger partial charge in [0.2, 0.25) is 5.82 Å². The van der Waals surface area contributed by atoms with Gasteiger partial charge in [-0.25, -0.2) is 4.39 Å². The van der Waals surface area contributed by atoms with E-state index in [1.54, 1.807) is 17.8 Å². The zero-order chi connectivity index (χ0) is 36.4. The number of likely N-dealkylation sites (N-methyl/N-ethyl adjacent to an activating group) is 1. The van der Waals surface area contributed by atoms with E-state index in [1.807, 2.05) is 44.5 Å². The van der Waals surface area contributed by atoms with Crippen molar-refractivity contribution in [3.8, 4) is 16.9 Å². The number of halogens is 3. The molecule has 1 aliphatic rings. The van der Waals surface area contributed by atoms with Crippen molar-refractivity contribution >= 4 is 34.8 Å². The lowest BCUT2D eigenvalue weighted by atomic mass is 9.78. The Morgan fingerprint density at radius 1 is 1.08 bits per heavy atom. The summed E-state index contributed by atoms with van der Waals surface area (Å²) in [4.78, 5) is 17.6. The number of morpholine rings is 1. The number of Topliss-reactive ketones (excluding diaryl/α,β-unsaturated/α-hetero) is 1. The number of nitrogens with one attached hydrogen (secondary N) is 2. The highest BCUT2D eigenvalue weighted by molar-refractivity contribution is 7.98. The fraction of sp³-hybridized carbons (Fsp3) is 0.425. The topological polar surface area (TPSA) is 62.8 Å². The second kappa shape index (κ2) is 18.3. The van der Waals surface area contributed by atoms with E-state index in [1.165, 1.54) is 12.1 Å². The molecule has 1 unspecified atom stereocenters. The van der Waals surface area contributed by atoms with Crippen LogP contribution in [0.2, 0.25) is 5.02 Å². The van der Waals surface area contributed by atoms with Gasteiger partial charge in [0.25, 0.3) is 0 Å². The molecule has 0 bridgehead atoms. The highest BCUT2D eigenvalue weighted by atomic mass is 35.5. The van der Waals surface area contributed by atoms with E-state index >= 15 is 8.78 Å². The number of nitrogens with zero attached hydrogens (tertiary/aromatic N) is 1. The van der Waals surface area contributed by atoms with Gasteiger partial charge in [0.15, 0.2) is 17.3 Å². The summed E-state index contributed by atoms with van der Waals surface area (Å²) >= 11 is 8.11. The first kappa shape index (κ1) is 39.6. The number of allylic oxidation sites excluding steroid dienone is 1. The number of carbonyl (C=O) groups excluding carboxylic acids is 1. The van der Waals surface area contributed by atoms with Crippen molar-refractivity contribution < 1.29 is 23.0 Å². The molecule has 1 saturated heterocycles. The molecule has 270 valence electrons. The summed E-state index contributed by atoms with van der Waals surface area (Å²) in [6, 6.07) is 16.5. The maximum Gasteiger partial charge on any atom is 0.200 e. The maximum absolute atomic E-state index is 15.3. The van der Waals surface area contributed by atoms with E-state index in [2.05, 4.69) is 55.0 Å². The molecule has 1 heterocycles. The minimum Gasteiger partial charge on any atom is -0.489 e. The molecular weight excluding hydrogens is 676 g/mol. The predicted molar refractivity (Wildman–Crippen MR) is 203 cm³/mol. The number of ketones is 1. The Labute approximate surface area is 305 Å². The van der Waals surface area contributed by atoms with Crippen LogP contribution < -0.4 is 15.4 Å². The van der Waals surface area contributed by atoms with E-state index in [4.69, 9.17) is 21.1 Å². The largest absolute Gasteiger partial charge is 0.489 e. The van der Waals surface area contributed by atoms with E-state index in [0.29, 0.717) is 42.5 Å². The summed E-state index contributed by atoms with van der Waals surface area (Å²) in [5, 5.41) is 7.42. The quantitative estimate of drug-likeness (QED) is 0.0868. The van der Waals surface area contributed by atoms with E-state index < -0.39 is 11.6 Å². The molecule has 3 aromatic carbocycles. The fourth-order valence-electron chi connectivity index (χ4n) is 6.42. The van der Waals surface area contributed by atoms with Gasteiger partial charge in [-0.05, 0) is 84.7 Å². The van der Waals surface area contributed by atoms with Crippen LogP contribution in [0.4, 0.5) is 14.5 Å². The molecule has 3 aromatic rings. The number of aryl methyl sites for hydroxylation is 1. The van der Waals surface area contributed by atoms with Gasteiger partial charge in [-0.1, -0.05) is 64.1 Å². The van der Waals surface area contributed by atoms with Crippen LogP contribution in [-0.2, 0) is 16.0 Å². The molecule has 0 amide bonds. The molecule has 1 aliphatic heterocycles. The Morgan fingerprint density at radius 2 is 1.78 bits per heavy atom. The standard InChI is InChI=1S/C40H50ClF2N3O3S/c1-8-31(39(44-6)40(3,4)5)36(26(2)45-33-16-13-29(41)25-32(33)27-9-14-30(50-7)15-10-27)34(47)17-11-28-12-18-35(38(43)37(28)42)49-24-21-46-19-22-48-23-20-46/h9-10,12-16,18,25,39,44-45H,2,8,11,17,19-24H2,1,3-7H3/b36-31-. The Balaban J connectivity index is 1.60. The van der Waals surface area contributed by atoms with Crippen molar-refractivity contribution in [2.75, 3.05) is 58.1 Å². The van der Waals surface area contributed by atoms with Crippen LogP contribution in [0.5, 0.6) is 5.75 Å². The second-order valence-electron chi connectivity index (χ2n) is 13.4. The highest BCUT2D eigenvalue weighted by Gasteiger charge is 2.31. The molecule has 1 fully saturated rings. The number of hydrogen-bond acceptors (Lipinski definition) is 7. The molecule has 50 heavy (non-hydrogen) atoms. The predicted octanol–water partition coefficient (Wildman–Crippen LogP) is 9.19. The van der Waals surface area contributed by atoms with Crippen LogP contribution in [0.25, 0.3) is 11.1 Å². The number of anilines is 1. The van der Waals surface area contributed by atoms with Gasteiger partial charge in [0, 0.05) is 64.5 Å². The molecule has 0 radical (unpaired) electrons. The summed E-state index contributed by atoms with van der Waals surface area (Å²) in [5.41, 5.74) is 4.21. The van der Waals surface area contributed by atoms with Crippen LogP contribution in [0.3, 0.4) is 0 Å². The summed E-state index contributed by atoms with van der Waals surface area (Å²) < 4.78 is 41.4. The van der Waals surface area contributed by atoms with Crippen molar-refractivity contribution in [1.82, 2.24) is 10.2 Å². The number of benzene rings is 3. The van der Waals surface area contributed by atoms with Gasteiger partial charge in [0.1, 0.15) is 6.61 Å². The third-order valence-corrected chi connectivity index (χ3v) is 9.95. The number of ether oxygens (including phenoxy) is 2. The first-order chi connectivity index (χ1) is 23.9. The Kier molecular flexibility index (Phi) is 14.5. The molecule has 0 aliphatic carbocycles. The normalized spacial score (nSPS) is 15.0. The second-order valence-corrected chi connectivity index (χ2v) is 14.8. The lowest BCUT2D eigenvalue weighted by Crippen LogP contribution is -2.41. The molecule has 0 spiro atoms. The van der Waals surface area contributed by atoms with Crippen molar-refractivity contribution in [3.63, 3.8) is 0 Å². The summed E-state index contributed by atoms with van der Waals surface area (Å²) in [5.74, 6) is -2.40. The maximum atomic E-state index is 15.3. The van der Waals surface area contributed by atoms with Crippen LogP contribution >= 0.6 is 23.4 Å². The first-order valence-corrected chi connectivity index (χ1v) is 18.7. The molecule has 10 heteroatoms. The van der Waals surface area contributed by atoms with Gasteiger partial charge in [-0.15, -0.1) is 11.8 Å². The lowest BCUT2D eigenvalue weighted by molar-refractivity contribution is -0.115. The minimum atomic E-state index is -1.04. The molecule has 6 nitrogen and oxygen atoms in total. The zero-order valence-electron chi connectivity index (χ0n) is 30.1. The molecule has 0 saturated carbocycles. The van der Waals surface area contributed by atoms with Gasteiger partial charge in [-0.2, -0.15) is 4.39 Å². The number of hydrogen-bond donors (Lipinski definition) is 2. The van der Waals surface area contributed by atoms with Crippen molar-refractivity contribution in [2.45, 2.75) is 57.9 Å². The highest BCUT2D eigenvalue weighted by Crippen LogP contribution is 2.36. The smallest absolute Gasteiger partial charge is 0.200 e. The fourth-order valence-corrected chi connectivity index (χ4v) is 7.00. The van der Waals surface area contributed by atoms with E-state index in [9.17, 15) is 4.79 Å². The SMILES string of the molecule is C=C(Nc1ccc(Cl)cc1-c1ccc(SC)cc1)/C(C(=O)CCc1ccc(OCCN2CCOCC2)c(F)c1F)=C(\CC)C(NC)C(C)(C)C. The molecule has 2 N–H and O–H groups in total. The van der Waals surface area contributed by atoms with Crippen molar-refractivity contribution in [2.24, 2.45) is 5.41 Å². The molecule has 1 atom stereocenters. The van der Waals surface area contributed by atoms with Crippen molar-refractivity contribution in [3.05, 3.63) is 100 Å². The summed E-state index contributed by atoms with van der Waals surface area (Å²) in [6.45, 7) is 16.4. The van der Waals surface area contributed by atoms with Gasteiger partial charge in [-0.3, -0.25) is 9.69 Å². The average Bonchev–Trinajstić information content (AvgIpc) is 3.10. The van der Waals surface area contributed by atoms with Gasteiger partial charge >= 0.3 is 0 Å². The van der Waals surface area contributed by atoms with Gasteiger partial charge < -0.3 is 20.1 Å². The van der Waals surface area contributed by atoms with Crippen LogP contribution in [0, 0.1) is 17.0 Å². The van der Waals surface area contributed by atoms with E-state index in [-0.39, 0.29) is 48.0 Å². The Hall–Kier alpha value is -3.21. The third-order valence-electron chi connectivity index (χ3n) is 8.97. The third kappa shape index (κ3) is 10.2. The zero-order valence-corrected chi connectivity index (χ0v) is 31.6. The van der Waals surface area contributed by atoms with Crippen LogP contribution in [0.15, 0.2) is 82.9 Å². The summed E-state index contributed by atoms with van der Waals surface area (Å²) in [6.07, 6.45) is 2.57. The lowest BCUT2D eigenvalue weighted by Gasteiger charge is -2.34. The average molecular weight is 726 g/mol. The minimum absolute atomic E-state index is 0.0111. The molecule has 0 aromatic heterocycles.